The molecule has 2 aromatic rings. The molecule has 0 fully saturated rings. The summed E-state index contributed by atoms with van der Waals surface area (Å²) >= 11 is 0. The molecule has 0 bridgehead atoms. The number of rotatable bonds is 6. The summed E-state index contributed by atoms with van der Waals surface area (Å²) < 4.78 is 30.7. The Kier molecular flexibility index (Phi) is 4.85. The minimum absolute atomic E-state index is 0.0389. The minimum Gasteiger partial charge on any atom is -0.480 e. The molecule has 0 radical (unpaired) electrons. The second-order valence-corrected chi connectivity index (χ2v) is 6.00. The zero-order chi connectivity index (χ0) is 15.4. The van der Waals surface area contributed by atoms with E-state index in [1.54, 1.807) is 19.1 Å². The monoisotopic (exact) mass is 311 g/mol. The summed E-state index contributed by atoms with van der Waals surface area (Å²) in [4.78, 5) is 15.0. The molecule has 0 aliphatic heterocycles. The highest BCUT2D eigenvalue weighted by molar-refractivity contribution is 7.85. The molecule has 5 nitrogen and oxygen atoms in total. The number of oxazole rings is 1. The lowest BCUT2D eigenvalue weighted by molar-refractivity contribution is -0.136. The second kappa shape index (κ2) is 6.62. The summed E-state index contributed by atoms with van der Waals surface area (Å²) in [6, 6.07) is 6.01. The van der Waals surface area contributed by atoms with Gasteiger partial charge < -0.3 is 9.52 Å². The molecule has 112 valence electrons. The Hall–Kier alpha value is -2.02. The topological polar surface area (TPSA) is 80.4 Å². The highest BCUT2D eigenvalue weighted by atomic mass is 32.2. The van der Waals surface area contributed by atoms with Crippen molar-refractivity contribution in [3.05, 3.63) is 42.0 Å². The molecule has 1 aromatic carbocycles. The van der Waals surface area contributed by atoms with Gasteiger partial charge in [-0.2, -0.15) is 0 Å². The van der Waals surface area contributed by atoms with Crippen LogP contribution < -0.4 is 0 Å². The van der Waals surface area contributed by atoms with Crippen molar-refractivity contribution in [2.75, 3.05) is 0 Å². The number of carboxylic acids is 1. The average molecular weight is 311 g/mol. The molecule has 2 atom stereocenters. The predicted octanol–water partition coefficient (Wildman–Crippen LogP) is 2.59. The third-order valence-corrected chi connectivity index (χ3v) is 4.66. The maximum absolute atomic E-state index is 13.6. The molecule has 0 amide bonds. The van der Waals surface area contributed by atoms with Crippen LogP contribution in [0, 0.1) is 5.82 Å². The lowest BCUT2D eigenvalue weighted by Gasteiger charge is -2.07. The summed E-state index contributed by atoms with van der Waals surface area (Å²) in [7, 11) is -1.60. The average Bonchev–Trinajstić information content (AvgIpc) is 2.87. The number of nitrogens with zero attached hydrogens (tertiary/aromatic N) is 1. The van der Waals surface area contributed by atoms with Crippen LogP contribution in [0.15, 0.2) is 34.9 Å². The fourth-order valence-electron chi connectivity index (χ4n) is 1.85. The normalized spacial score (nSPS) is 13.8. The first kappa shape index (κ1) is 15.4. The second-order valence-electron chi connectivity index (χ2n) is 4.38. The fraction of sp³-hybridized carbons (Fsp3) is 0.286. The van der Waals surface area contributed by atoms with Gasteiger partial charge in [-0.25, -0.2) is 9.37 Å². The molecular formula is C14H14FNO4S. The maximum atomic E-state index is 13.6. The summed E-state index contributed by atoms with van der Waals surface area (Å²) in [5.41, 5.74) is 0.547. The Morgan fingerprint density at radius 1 is 1.48 bits per heavy atom. The minimum atomic E-state index is -1.60. The van der Waals surface area contributed by atoms with Gasteiger partial charge in [-0.3, -0.25) is 9.00 Å². The molecule has 0 saturated carbocycles. The number of carbonyl (C=O) groups is 1. The van der Waals surface area contributed by atoms with E-state index in [1.807, 2.05) is 0 Å². The quantitative estimate of drug-likeness (QED) is 0.887. The molecule has 0 spiro atoms. The number of aromatic nitrogens is 1. The third-order valence-electron chi connectivity index (χ3n) is 2.91. The smallest absolute Gasteiger partial charge is 0.319 e. The summed E-state index contributed by atoms with van der Waals surface area (Å²) in [6.07, 6.45) is 1.54. The first-order valence-corrected chi connectivity index (χ1v) is 7.70. The van der Waals surface area contributed by atoms with E-state index in [4.69, 9.17) is 9.52 Å². The van der Waals surface area contributed by atoms with Gasteiger partial charge in [0.2, 0.25) is 5.89 Å². The van der Waals surface area contributed by atoms with E-state index in [9.17, 15) is 13.4 Å². The highest BCUT2D eigenvalue weighted by Crippen LogP contribution is 2.22. The van der Waals surface area contributed by atoms with Crippen molar-refractivity contribution in [2.45, 2.75) is 24.3 Å². The largest absolute Gasteiger partial charge is 0.480 e. The van der Waals surface area contributed by atoms with E-state index in [2.05, 4.69) is 4.98 Å². The lowest BCUT2D eigenvalue weighted by Crippen LogP contribution is -2.25. The molecule has 1 heterocycles. The van der Waals surface area contributed by atoms with Crippen molar-refractivity contribution in [1.29, 1.82) is 0 Å². The van der Waals surface area contributed by atoms with Crippen LogP contribution in [0.2, 0.25) is 0 Å². The van der Waals surface area contributed by atoms with E-state index < -0.39 is 27.8 Å². The van der Waals surface area contributed by atoms with Gasteiger partial charge in [0.1, 0.15) is 17.3 Å². The van der Waals surface area contributed by atoms with Crippen LogP contribution in [-0.4, -0.2) is 25.5 Å². The molecule has 0 aliphatic carbocycles. The molecular weight excluding hydrogens is 297 g/mol. The van der Waals surface area contributed by atoms with Gasteiger partial charge in [-0.1, -0.05) is 19.1 Å². The zero-order valence-corrected chi connectivity index (χ0v) is 12.1. The molecule has 7 heteroatoms. The molecule has 2 unspecified atom stereocenters. The third kappa shape index (κ3) is 3.55. The highest BCUT2D eigenvalue weighted by Gasteiger charge is 2.24. The number of carboxylic acid groups (broad SMARTS) is 1. The maximum Gasteiger partial charge on any atom is 0.319 e. The van der Waals surface area contributed by atoms with E-state index in [-0.39, 0.29) is 23.6 Å². The first-order valence-electron chi connectivity index (χ1n) is 6.32. The fourth-order valence-corrected chi connectivity index (χ4v) is 3.07. The number of halogens is 1. The summed E-state index contributed by atoms with van der Waals surface area (Å²) in [6.45, 7) is 1.66. The van der Waals surface area contributed by atoms with Gasteiger partial charge >= 0.3 is 5.97 Å². The van der Waals surface area contributed by atoms with Crippen molar-refractivity contribution >= 4 is 16.8 Å². The Labute approximate surface area is 123 Å². The zero-order valence-electron chi connectivity index (χ0n) is 11.3. The Bertz CT molecular complexity index is 670. The van der Waals surface area contributed by atoms with Crippen molar-refractivity contribution in [3.8, 4) is 11.5 Å². The van der Waals surface area contributed by atoms with Gasteiger partial charge in [-0.05, 0) is 18.6 Å². The summed E-state index contributed by atoms with van der Waals surface area (Å²) in [5, 5.41) is 8.01. The van der Waals surface area contributed by atoms with Gasteiger partial charge in [0.05, 0.1) is 17.0 Å². The molecule has 1 N–H and O–H groups in total. The number of hydrogen-bond acceptors (Lipinski definition) is 4. The van der Waals surface area contributed by atoms with Gasteiger partial charge in [0.25, 0.3) is 0 Å². The van der Waals surface area contributed by atoms with Crippen molar-refractivity contribution in [1.82, 2.24) is 4.98 Å². The lowest BCUT2D eigenvalue weighted by atomic mass is 10.2. The van der Waals surface area contributed by atoms with E-state index in [0.29, 0.717) is 5.69 Å². The number of benzene rings is 1. The molecule has 1 aromatic heterocycles. The van der Waals surface area contributed by atoms with Crippen LogP contribution in [0.1, 0.15) is 19.0 Å². The van der Waals surface area contributed by atoms with Gasteiger partial charge in [0, 0.05) is 10.8 Å². The van der Waals surface area contributed by atoms with E-state index in [1.165, 1.54) is 18.4 Å². The van der Waals surface area contributed by atoms with Crippen molar-refractivity contribution in [3.63, 3.8) is 0 Å². The Morgan fingerprint density at radius 2 is 2.19 bits per heavy atom. The van der Waals surface area contributed by atoms with Gasteiger partial charge in [-0.15, -0.1) is 0 Å². The van der Waals surface area contributed by atoms with E-state index in [0.717, 1.165) is 0 Å². The van der Waals surface area contributed by atoms with Crippen LogP contribution in [0.4, 0.5) is 4.39 Å². The standard InChI is InChI=1S/C14H14FNO4S/c1-2-12(14(17)18)21(19)8-9-7-20-13(16-9)10-5-3-4-6-11(10)15/h3-7,12H,2,8H2,1H3,(H,17,18). The van der Waals surface area contributed by atoms with E-state index >= 15 is 0 Å². The summed E-state index contributed by atoms with van der Waals surface area (Å²) in [5.74, 6) is -1.52. The molecule has 0 aliphatic rings. The Balaban J connectivity index is 2.16. The number of aliphatic carboxylic acids is 1. The number of hydrogen-bond donors (Lipinski definition) is 1. The molecule has 2 rings (SSSR count). The molecule has 0 saturated heterocycles. The van der Waals surface area contributed by atoms with Crippen LogP contribution in [-0.2, 0) is 21.3 Å². The van der Waals surface area contributed by atoms with Crippen LogP contribution in [0.25, 0.3) is 11.5 Å². The Morgan fingerprint density at radius 3 is 2.81 bits per heavy atom. The van der Waals surface area contributed by atoms with Crippen molar-refractivity contribution in [2.24, 2.45) is 0 Å². The van der Waals surface area contributed by atoms with Gasteiger partial charge in [0.15, 0.2) is 0 Å². The first-order chi connectivity index (χ1) is 10.0. The van der Waals surface area contributed by atoms with Crippen LogP contribution >= 0.6 is 0 Å². The predicted molar refractivity (Wildman–Crippen MR) is 75.5 cm³/mol. The van der Waals surface area contributed by atoms with Crippen LogP contribution in [0.5, 0.6) is 0 Å². The SMILES string of the molecule is CCC(C(=O)O)S(=O)Cc1coc(-c2ccccc2F)n1. The molecule has 21 heavy (non-hydrogen) atoms. The van der Waals surface area contributed by atoms with Crippen molar-refractivity contribution < 1.29 is 22.9 Å². The van der Waals surface area contributed by atoms with Crippen LogP contribution in [0.3, 0.4) is 0 Å².